The number of carbonyl (C=O) groups excluding carboxylic acids is 1. The summed E-state index contributed by atoms with van der Waals surface area (Å²) in [6.45, 7) is 1.81. The molecule has 3 rings (SSSR count). The van der Waals surface area contributed by atoms with Crippen molar-refractivity contribution in [1.82, 2.24) is 14.8 Å². The van der Waals surface area contributed by atoms with E-state index >= 15 is 0 Å². The number of aromatic nitrogens is 3. The Morgan fingerprint density at radius 1 is 1.38 bits per heavy atom. The normalized spacial score (nSPS) is 12.1. The van der Waals surface area contributed by atoms with E-state index in [1.165, 1.54) is 0 Å². The van der Waals surface area contributed by atoms with E-state index in [0.717, 1.165) is 15.5 Å². The first-order chi connectivity index (χ1) is 11.6. The first-order valence-electron chi connectivity index (χ1n) is 7.26. The fraction of sp³-hybridized carbons (Fsp3) is 0.188. The standard InChI is InChI=1S/C16H16N4OS3/c1-10(15(21)17-11-5-7-12(23-2)8-6-11)20-14(18-19-16(20)22)13-4-3-9-24-13/h3-10H,1-2H3,(H,17,21)(H,19,22). The minimum atomic E-state index is -0.478. The summed E-state index contributed by atoms with van der Waals surface area (Å²) in [4.78, 5) is 14.7. The third-order valence-corrected chi connectivity index (χ3v) is 5.47. The zero-order valence-electron chi connectivity index (χ0n) is 13.1. The number of hydrogen-bond donors (Lipinski definition) is 2. The van der Waals surface area contributed by atoms with Crippen LogP contribution in [0.4, 0.5) is 5.69 Å². The minimum Gasteiger partial charge on any atom is -0.324 e. The zero-order chi connectivity index (χ0) is 17.1. The fourth-order valence-electron chi connectivity index (χ4n) is 2.28. The van der Waals surface area contributed by atoms with Crippen molar-refractivity contribution < 1.29 is 4.79 Å². The first-order valence-corrected chi connectivity index (χ1v) is 9.77. The molecular formula is C16H16N4OS3. The molecule has 0 radical (unpaired) electrons. The number of thioether (sulfide) groups is 1. The Morgan fingerprint density at radius 2 is 2.12 bits per heavy atom. The van der Waals surface area contributed by atoms with E-state index < -0.39 is 6.04 Å². The van der Waals surface area contributed by atoms with Crippen molar-refractivity contribution in [3.63, 3.8) is 0 Å². The second-order valence-electron chi connectivity index (χ2n) is 5.09. The molecule has 1 unspecified atom stereocenters. The van der Waals surface area contributed by atoms with Crippen molar-refractivity contribution in [2.24, 2.45) is 0 Å². The molecule has 0 spiro atoms. The lowest BCUT2D eigenvalue weighted by Crippen LogP contribution is -2.24. The molecule has 124 valence electrons. The third kappa shape index (κ3) is 3.45. The maximum Gasteiger partial charge on any atom is 0.247 e. The van der Waals surface area contributed by atoms with E-state index in [9.17, 15) is 4.79 Å². The predicted octanol–water partition coefficient (Wildman–Crippen LogP) is 4.59. The highest BCUT2D eigenvalue weighted by atomic mass is 32.2. The number of nitrogens with one attached hydrogen (secondary N) is 2. The van der Waals surface area contributed by atoms with Crippen LogP contribution < -0.4 is 5.32 Å². The molecule has 0 saturated carbocycles. The van der Waals surface area contributed by atoms with Crippen LogP contribution in [0.2, 0.25) is 0 Å². The van der Waals surface area contributed by atoms with Crippen molar-refractivity contribution in [1.29, 1.82) is 0 Å². The van der Waals surface area contributed by atoms with Gasteiger partial charge in [0.1, 0.15) is 6.04 Å². The van der Waals surface area contributed by atoms with Gasteiger partial charge in [0.05, 0.1) is 4.88 Å². The smallest absolute Gasteiger partial charge is 0.247 e. The number of rotatable bonds is 5. The van der Waals surface area contributed by atoms with Gasteiger partial charge >= 0.3 is 0 Å². The van der Waals surface area contributed by atoms with Crippen LogP contribution in [0.3, 0.4) is 0 Å². The van der Waals surface area contributed by atoms with Crippen LogP contribution in [0.15, 0.2) is 46.7 Å². The Balaban J connectivity index is 1.83. The van der Waals surface area contributed by atoms with Crippen LogP contribution in [0.1, 0.15) is 13.0 Å². The maximum absolute atomic E-state index is 12.6. The van der Waals surface area contributed by atoms with Crippen LogP contribution in [0, 0.1) is 4.77 Å². The first kappa shape index (κ1) is 16.9. The van der Waals surface area contributed by atoms with E-state index in [-0.39, 0.29) is 5.91 Å². The molecular weight excluding hydrogens is 360 g/mol. The predicted molar refractivity (Wildman–Crippen MR) is 102 cm³/mol. The Bertz CT molecular complexity index is 881. The van der Waals surface area contributed by atoms with Gasteiger partial charge in [0.15, 0.2) is 10.6 Å². The lowest BCUT2D eigenvalue weighted by Gasteiger charge is -2.15. The number of benzene rings is 1. The van der Waals surface area contributed by atoms with Crippen LogP contribution in [-0.4, -0.2) is 26.9 Å². The summed E-state index contributed by atoms with van der Waals surface area (Å²) in [6.07, 6.45) is 2.02. The quantitative estimate of drug-likeness (QED) is 0.505. The van der Waals surface area contributed by atoms with Gasteiger partial charge in [-0.15, -0.1) is 23.1 Å². The largest absolute Gasteiger partial charge is 0.324 e. The highest BCUT2D eigenvalue weighted by Crippen LogP contribution is 2.26. The molecule has 0 aliphatic rings. The number of amides is 1. The van der Waals surface area contributed by atoms with Gasteiger partial charge in [-0.3, -0.25) is 14.5 Å². The molecule has 1 atom stereocenters. The zero-order valence-corrected chi connectivity index (χ0v) is 15.6. The van der Waals surface area contributed by atoms with E-state index in [1.54, 1.807) is 27.7 Å². The van der Waals surface area contributed by atoms with Crippen LogP contribution in [-0.2, 0) is 4.79 Å². The van der Waals surface area contributed by atoms with Gasteiger partial charge in [-0.1, -0.05) is 6.07 Å². The summed E-state index contributed by atoms with van der Waals surface area (Å²) in [6, 6.07) is 11.2. The molecule has 0 aliphatic carbocycles. The van der Waals surface area contributed by atoms with Gasteiger partial charge in [-0.2, -0.15) is 5.10 Å². The van der Waals surface area contributed by atoms with Crippen molar-refractivity contribution in [2.45, 2.75) is 17.9 Å². The highest BCUT2D eigenvalue weighted by Gasteiger charge is 2.21. The van der Waals surface area contributed by atoms with E-state index in [1.807, 2.05) is 55.0 Å². The topological polar surface area (TPSA) is 62.7 Å². The summed E-state index contributed by atoms with van der Waals surface area (Å²) < 4.78 is 2.17. The Kier molecular flexibility index (Phi) is 5.17. The average molecular weight is 377 g/mol. The Hall–Kier alpha value is -1.90. The Labute approximate surface area is 153 Å². The molecule has 0 bridgehead atoms. The molecule has 3 aromatic rings. The fourth-order valence-corrected chi connectivity index (χ4v) is 3.69. The molecule has 0 saturated heterocycles. The minimum absolute atomic E-state index is 0.137. The summed E-state index contributed by atoms with van der Waals surface area (Å²) >= 11 is 8.52. The number of hydrogen-bond acceptors (Lipinski definition) is 5. The molecule has 0 fully saturated rings. The molecule has 2 aromatic heterocycles. The van der Waals surface area contributed by atoms with Crippen LogP contribution in [0.5, 0.6) is 0 Å². The number of anilines is 1. The lowest BCUT2D eigenvalue weighted by molar-refractivity contribution is -0.118. The van der Waals surface area contributed by atoms with Gasteiger partial charge in [-0.25, -0.2) is 0 Å². The van der Waals surface area contributed by atoms with Gasteiger partial charge in [-0.05, 0) is 61.1 Å². The summed E-state index contributed by atoms with van der Waals surface area (Å²) in [5, 5.41) is 11.9. The van der Waals surface area contributed by atoms with Crippen molar-refractivity contribution in [2.75, 3.05) is 11.6 Å². The number of H-pyrrole nitrogens is 1. The summed E-state index contributed by atoms with van der Waals surface area (Å²) in [5.41, 5.74) is 0.761. The number of carbonyl (C=O) groups is 1. The average Bonchev–Trinajstić information content (AvgIpc) is 3.24. The monoisotopic (exact) mass is 376 g/mol. The van der Waals surface area contributed by atoms with Gasteiger partial charge in [0.2, 0.25) is 5.91 Å². The summed E-state index contributed by atoms with van der Waals surface area (Å²) in [5.74, 6) is 0.539. The SMILES string of the molecule is CSc1ccc(NC(=O)C(C)n2c(-c3cccs3)n[nH]c2=S)cc1. The number of nitrogens with zero attached hydrogens (tertiary/aromatic N) is 2. The van der Waals surface area contributed by atoms with Crippen molar-refractivity contribution in [3.05, 3.63) is 46.5 Å². The summed E-state index contributed by atoms with van der Waals surface area (Å²) in [7, 11) is 0. The molecule has 1 amide bonds. The van der Waals surface area contributed by atoms with E-state index in [4.69, 9.17) is 12.2 Å². The molecule has 0 aliphatic heterocycles. The Morgan fingerprint density at radius 3 is 2.75 bits per heavy atom. The molecule has 5 nitrogen and oxygen atoms in total. The highest BCUT2D eigenvalue weighted by molar-refractivity contribution is 7.98. The van der Waals surface area contributed by atoms with Crippen LogP contribution >= 0.6 is 35.3 Å². The molecule has 8 heteroatoms. The molecule has 2 heterocycles. The second kappa shape index (κ2) is 7.33. The number of thiophene rings is 1. The van der Waals surface area contributed by atoms with Gasteiger partial charge < -0.3 is 5.32 Å². The maximum atomic E-state index is 12.6. The van der Waals surface area contributed by atoms with Gasteiger partial charge in [0.25, 0.3) is 0 Å². The number of aromatic amines is 1. The van der Waals surface area contributed by atoms with Crippen molar-refractivity contribution in [3.8, 4) is 10.7 Å². The second-order valence-corrected chi connectivity index (χ2v) is 7.31. The van der Waals surface area contributed by atoms with E-state index in [2.05, 4.69) is 15.5 Å². The third-order valence-electron chi connectivity index (χ3n) is 3.57. The molecule has 24 heavy (non-hydrogen) atoms. The molecule has 2 N–H and O–H groups in total. The lowest BCUT2D eigenvalue weighted by atomic mass is 10.2. The van der Waals surface area contributed by atoms with Crippen molar-refractivity contribution >= 4 is 46.9 Å². The molecule has 1 aromatic carbocycles. The van der Waals surface area contributed by atoms with Gasteiger partial charge in [0, 0.05) is 10.6 Å². The van der Waals surface area contributed by atoms with E-state index in [0.29, 0.717) is 10.6 Å². The van der Waals surface area contributed by atoms with Crippen LogP contribution in [0.25, 0.3) is 10.7 Å².